The second-order valence-corrected chi connectivity index (χ2v) is 8.24. The van der Waals surface area contributed by atoms with E-state index in [0.29, 0.717) is 11.1 Å². The molecule has 6 heteroatoms. The van der Waals surface area contributed by atoms with E-state index in [2.05, 4.69) is 20.6 Å². The molecule has 5 rings (SSSR count). The van der Waals surface area contributed by atoms with Gasteiger partial charge in [0, 0.05) is 59.5 Å². The maximum atomic E-state index is 11.3. The van der Waals surface area contributed by atoms with Crippen LogP contribution in [0, 0.1) is 13.8 Å². The van der Waals surface area contributed by atoms with Crippen LogP contribution in [0.4, 0.5) is 0 Å². The number of rotatable bonds is 2. The minimum absolute atomic E-state index is 0.0701. The van der Waals surface area contributed by atoms with E-state index in [1.807, 2.05) is 74.5 Å². The fourth-order valence-corrected chi connectivity index (χ4v) is 3.74. The van der Waals surface area contributed by atoms with Crippen LogP contribution in [-0.2, 0) is 0 Å². The summed E-state index contributed by atoms with van der Waals surface area (Å²) in [6, 6.07) is 19.4. The molecule has 0 spiro atoms. The van der Waals surface area contributed by atoms with Gasteiger partial charge in [0.05, 0.1) is 11.0 Å². The molecule has 176 valence electrons. The standard InChI is InChI=1S/2C12H11NO.C4H10N2/c2*1-8-11(9(2)14)7-10-5-3-4-6-12(10)13-8;1-2-6-4-3-5-1/h2*3-7H,1-2H3;5-6H,1-4H2. The molecule has 1 fully saturated rings. The largest absolute Gasteiger partial charge is 0.314 e. The van der Waals surface area contributed by atoms with Crippen molar-refractivity contribution in [2.75, 3.05) is 26.2 Å². The quantitative estimate of drug-likeness (QED) is 0.427. The number of nitrogens with one attached hydrogen (secondary N) is 2. The van der Waals surface area contributed by atoms with Crippen LogP contribution in [0.1, 0.15) is 46.0 Å². The highest BCUT2D eigenvalue weighted by Crippen LogP contribution is 2.17. The van der Waals surface area contributed by atoms with Gasteiger partial charge in [-0.2, -0.15) is 0 Å². The van der Waals surface area contributed by atoms with E-state index in [1.165, 1.54) is 0 Å². The minimum Gasteiger partial charge on any atom is -0.314 e. The number of benzene rings is 2. The molecule has 0 unspecified atom stereocenters. The number of fused-ring (bicyclic) bond motifs is 2. The number of ketones is 2. The van der Waals surface area contributed by atoms with Crippen molar-refractivity contribution in [3.63, 3.8) is 0 Å². The average molecular weight is 457 g/mol. The van der Waals surface area contributed by atoms with Crippen LogP contribution in [0.25, 0.3) is 21.8 Å². The highest BCUT2D eigenvalue weighted by molar-refractivity contribution is 5.99. The van der Waals surface area contributed by atoms with Crippen LogP contribution in [-0.4, -0.2) is 47.7 Å². The van der Waals surface area contributed by atoms with Crippen molar-refractivity contribution < 1.29 is 9.59 Å². The van der Waals surface area contributed by atoms with Crippen molar-refractivity contribution in [2.24, 2.45) is 0 Å². The Morgan fingerprint density at radius 2 is 1.00 bits per heavy atom. The Morgan fingerprint density at radius 3 is 1.32 bits per heavy atom. The molecule has 3 heterocycles. The molecule has 2 aromatic heterocycles. The van der Waals surface area contributed by atoms with Crippen LogP contribution >= 0.6 is 0 Å². The summed E-state index contributed by atoms with van der Waals surface area (Å²) in [6.07, 6.45) is 0. The van der Waals surface area contributed by atoms with E-state index in [9.17, 15) is 9.59 Å². The number of hydrogen-bond acceptors (Lipinski definition) is 6. The number of para-hydroxylation sites is 2. The van der Waals surface area contributed by atoms with Crippen molar-refractivity contribution in [2.45, 2.75) is 27.7 Å². The van der Waals surface area contributed by atoms with Gasteiger partial charge in [-0.15, -0.1) is 0 Å². The fourth-order valence-electron chi connectivity index (χ4n) is 3.74. The van der Waals surface area contributed by atoms with Crippen LogP contribution in [0.3, 0.4) is 0 Å². The van der Waals surface area contributed by atoms with Crippen LogP contribution in [0.5, 0.6) is 0 Å². The second kappa shape index (κ2) is 12.1. The summed E-state index contributed by atoms with van der Waals surface area (Å²) in [4.78, 5) is 31.3. The molecule has 0 radical (unpaired) electrons. The molecule has 1 aliphatic rings. The predicted molar refractivity (Wildman–Crippen MR) is 139 cm³/mol. The Balaban J connectivity index is 0.000000154. The number of nitrogens with zero attached hydrogens (tertiary/aromatic N) is 2. The lowest BCUT2D eigenvalue weighted by molar-refractivity contribution is 0.100. The van der Waals surface area contributed by atoms with Gasteiger partial charge in [-0.25, -0.2) is 0 Å². The van der Waals surface area contributed by atoms with Gasteiger partial charge < -0.3 is 10.6 Å². The zero-order chi connectivity index (χ0) is 24.5. The van der Waals surface area contributed by atoms with Gasteiger partial charge in [-0.1, -0.05) is 36.4 Å². The molecule has 6 nitrogen and oxygen atoms in total. The summed E-state index contributed by atoms with van der Waals surface area (Å²) in [5.41, 5.74) is 4.91. The number of aryl methyl sites for hydroxylation is 2. The fraction of sp³-hybridized carbons (Fsp3) is 0.286. The molecule has 0 bridgehead atoms. The van der Waals surface area contributed by atoms with Crippen molar-refractivity contribution in [1.29, 1.82) is 0 Å². The Labute approximate surface area is 200 Å². The van der Waals surface area contributed by atoms with Crippen LogP contribution in [0.2, 0.25) is 0 Å². The predicted octanol–water partition coefficient (Wildman–Crippen LogP) is 4.67. The molecule has 1 aliphatic heterocycles. The third-order valence-electron chi connectivity index (χ3n) is 5.54. The molecule has 34 heavy (non-hydrogen) atoms. The smallest absolute Gasteiger partial charge is 0.161 e. The second-order valence-electron chi connectivity index (χ2n) is 8.24. The van der Waals surface area contributed by atoms with E-state index in [1.54, 1.807) is 13.8 Å². The first kappa shape index (κ1) is 25.1. The van der Waals surface area contributed by atoms with E-state index >= 15 is 0 Å². The topological polar surface area (TPSA) is 84.0 Å². The first-order valence-corrected chi connectivity index (χ1v) is 11.5. The van der Waals surface area contributed by atoms with Gasteiger partial charge in [0.25, 0.3) is 0 Å². The molecule has 0 saturated carbocycles. The highest BCUT2D eigenvalue weighted by atomic mass is 16.1. The zero-order valence-corrected chi connectivity index (χ0v) is 20.3. The summed E-state index contributed by atoms with van der Waals surface area (Å²) in [5, 5.41) is 8.48. The van der Waals surface area contributed by atoms with Gasteiger partial charge in [-0.05, 0) is 52.0 Å². The maximum Gasteiger partial charge on any atom is 0.161 e. The Kier molecular flexibility index (Phi) is 8.96. The zero-order valence-electron chi connectivity index (χ0n) is 20.3. The number of pyridine rings is 2. The average Bonchev–Trinajstić information content (AvgIpc) is 2.84. The molecule has 0 atom stereocenters. The Hall–Kier alpha value is -3.48. The lowest BCUT2D eigenvalue weighted by Gasteiger charge is -2.11. The van der Waals surface area contributed by atoms with Crippen LogP contribution < -0.4 is 10.6 Å². The first-order chi connectivity index (χ1) is 16.4. The lowest BCUT2D eigenvalue weighted by Crippen LogP contribution is -2.39. The molecular formula is C28H32N4O2. The van der Waals surface area contributed by atoms with Crippen molar-refractivity contribution >= 4 is 33.4 Å². The summed E-state index contributed by atoms with van der Waals surface area (Å²) in [7, 11) is 0. The highest BCUT2D eigenvalue weighted by Gasteiger charge is 2.07. The number of carbonyl (C=O) groups excluding carboxylic acids is 2. The summed E-state index contributed by atoms with van der Waals surface area (Å²) < 4.78 is 0. The SMILES string of the molecule is C1CNCCN1.CC(=O)c1cc2ccccc2nc1C.CC(=O)c1cc2ccccc2nc1C. The minimum atomic E-state index is 0.0701. The molecule has 2 aromatic carbocycles. The van der Waals surface area contributed by atoms with Crippen molar-refractivity contribution in [1.82, 2.24) is 20.6 Å². The van der Waals surface area contributed by atoms with Crippen molar-refractivity contribution in [3.8, 4) is 0 Å². The molecular weight excluding hydrogens is 424 g/mol. The van der Waals surface area contributed by atoms with Gasteiger partial charge >= 0.3 is 0 Å². The van der Waals surface area contributed by atoms with Gasteiger partial charge in [0.1, 0.15) is 0 Å². The van der Waals surface area contributed by atoms with Gasteiger partial charge in [0.15, 0.2) is 11.6 Å². The monoisotopic (exact) mass is 456 g/mol. The van der Waals surface area contributed by atoms with Gasteiger partial charge in [-0.3, -0.25) is 19.6 Å². The van der Waals surface area contributed by atoms with E-state index in [4.69, 9.17) is 0 Å². The molecule has 1 saturated heterocycles. The van der Waals surface area contributed by atoms with Crippen LogP contribution in [0.15, 0.2) is 60.7 Å². The first-order valence-electron chi connectivity index (χ1n) is 11.5. The molecule has 0 amide bonds. The molecule has 4 aromatic rings. The molecule has 2 N–H and O–H groups in total. The number of aromatic nitrogens is 2. The lowest BCUT2D eigenvalue weighted by atomic mass is 10.1. The summed E-state index contributed by atoms with van der Waals surface area (Å²) >= 11 is 0. The summed E-state index contributed by atoms with van der Waals surface area (Å²) in [5.74, 6) is 0.140. The van der Waals surface area contributed by atoms with E-state index in [0.717, 1.165) is 59.4 Å². The third kappa shape index (κ3) is 6.76. The number of Topliss-reactive ketones (excluding diaryl/α,β-unsaturated/α-hetero) is 2. The maximum absolute atomic E-state index is 11.3. The number of hydrogen-bond donors (Lipinski definition) is 2. The Bertz CT molecular complexity index is 1190. The van der Waals surface area contributed by atoms with Crippen molar-refractivity contribution in [3.05, 3.63) is 83.2 Å². The van der Waals surface area contributed by atoms with E-state index in [-0.39, 0.29) is 11.6 Å². The number of carbonyl (C=O) groups is 2. The van der Waals surface area contributed by atoms with Gasteiger partial charge in [0.2, 0.25) is 0 Å². The third-order valence-corrected chi connectivity index (χ3v) is 5.54. The molecule has 0 aliphatic carbocycles. The Morgan fingerprint density at radius 1 is 0.647 bits per heavy atom. The number of piperazine rings is 1. The van der Waals surface area contributed by atoms with E-state index < -0.39 is 0 Å². The summed E-state index contributed by atoms with van der Waals surface area (Å²) in [6.45, 7) is 11.4. The normalized spacial score (nSPS) is 12.8.